The molecule has 1 aromatic heterocycles. The van der Waals surface area contributed by atoms with Gasteiger partial charge in [0.25, 0.3) is 5.91 Å². The molecule has 1 aliphatic carbocycles. The van der Waals surface area contributed by atoms with Crippen LogP contribution in [0, 0.1) is 0 Å². The predicted octanol–water partition coefficient (Wildman–Crippen LogP) is 7.30. The summed E-state index contributed by atoms with van der Waals surface area (Å²) in [6.45, 7) is 1.73. The number of hydrazine groups is 1. The highest BCUT2D eigenvalue weighted by atomic mass is 35.5. The van der Waals surface area contributed by atoms with Gasteiger partial charge in [-0.15, -0.1) is 0 Å². The highest BCUT2D eigenvalue weighted by Gasteiger charge is 2.28. The van der Waals surface area contributed by atoms with Crippen LogP contribution < -0.4 is 5.43 Å². The predicted molar refractivity (Wildman–Crippen MR) is 142 cm³/mol. The second-order valence-electron chi connectivity index (χ2n) is 9.49. The number of carbonyl (C=O) groups excluding carboxylic acids is 1. The molecule has 5 nitrogen and oxygen atoms in total. The third kappa shape index (κ3) is 5.69. The number of hydrogen-bond donors (Lipinski definition) is 1. The van der Waals surface area contributed by atoms with Crippen molar-refractivity contribution in [2.75, 3.05) is 13.1 Å². The van der Waals surface area contributed by atoms with E-state index in [1.807, 2.05) is 53.5 Å². The maximum absolute atomic E-state index is 13.6. The minimum atomic E-state index is -0.169. The number of aromatic nitrogens is 2. The summed E-state index contributed by atoms with van der Waals surface area (Å²) in [4.78, 5) is 23.8. The Bertz CT molecular complexity index is 1170. The molecular formula is C28H30Cl2N4O. The molecule has 0 unspecified atom stereocenters. The van der Waals surface area contributed by atoms with Crippen LogP contribution in [0.2, 0.25) is 10.0 Å². The number of benzene rings is 2. The van der Waals surface area contributed by atoms with Gasteiger partial charge in [-0.3, -0.25) is 10.2 Å². The third-order valence-electron chi connectivity index (χ3n) is 6.98. The molecule has 0 bridgehead atoms. The third-order valence-corrected chi connectivity index (χ3v) is 7.48. The summed E-state index contributed by atoms with van der Waals surface area (Å²) in [5.41, 5.74) is 7.59. The molecule has 7 heteroatoms. The van der Waals surface area contributed by atoms with Crippen LogP contribution in [0.5, 0.6) is 0 Å². The lowest BCUT2D eigenvalue weighted by Crippen LogP contribution is -2.45. The van der Waals surface area contributed by atoms with Crippen LogP contribution >= 0.6 is 23.2 Å². The first-order valence-electron chi connectivity index (χ1n) is 12.6. The topological polar surface area (TPSA) is 58.1 Å². The molecule has 0 radical (unpaired) electrons. The van der Waals surface area contributed by atoms with E-state index in [1.54, 1.807) is 0 Å². The Labute approximate surface area is 216 Å². The second-order valence-corrected chi connectivity index (χ2v) is 10.4. The van der Waals surface area contributed by atoms with E-state index in [2.05, 4.69) is 5.43 Å². The van der Waals surface area contributed by atoms with Crippen molar-refractivity contribution in [3.63, 3.8) is 0 Å². The SMILES string of the molecule is O=C(NN1CCCCC1)c1nc(-c2ccc(Cl)cc2)c(-c2ccc(Cl)cc2)nc1C1CCCCC1. The van der Waals surface area contributed by atoms with Crippen molar-refractivity contribution in [3.05, 3.63) is 70.0 Å². The monoisotopic (exact) mass is 508 g/mol. The van der Waals surface area contributed by atoms with Crippen LogP contribution in [-0.2, 0) is 0 Å². The van der Waals surface area contributed by atoms with Gasteiger partial charge in [-0.1, -0.05) is 73.2 Å². The van der Waals surface area contributed by atoms with Gasteiger partial charge in [0.15, 0.2) is 5.69 Å². The molecule has 1 saturated carbocycles. The van der Waals surface area contributed by atoms with Gasteiger partial charge in [-0.05, 0) is 49.9 Å². The van der Waals surface area contributed by atoms with Crippen LogP contribution in [0.4, 0.5) is 0 Å². The summed E-state index contributed by atoms with van der Waals surface area (Å²) in [6, 6.07) is 15.2. The van der Waals surface area contributed by atoms with E-state index in [9.17, 15) is 4.79 Å². The standard InChI is InChI=1S/C28H30Cl2N4O/c29-22-13-9-20(10-14-22)24-25(21-11-15-23(30)16-12-21)32-27(26(31-24)19-7-3-1-4-8-19)28(35)33-34-17-5-2-6-18-34/h9-16,19H,1-8,17-18H2,(H,33,35). The zero-order valence-corrected chi connectivity index (χ0v) is 21.3. The fourth-order valence-corrected chi connectivity index (χ4v) is 5.35. The van der Waals surface area contributed by atoms with E-state index in [4.69, 9.17) is 33.2 Å². The Balaban J connectivity index is 1.64. The molecule has 2 fully saturated rings. The molecule has 5 rings (SSSR count). The summed E-state index contributed by atoms with van der Waals surface area (Å²) in [5, 5.41) is 3.34. The first kappa shape index (κ1) is 24.2. The van der Waals surface area contributed by atoms with Crippen molar-refractivity contribution in [1.29, 1.82) is 0 Å². The molecule has 3 aromatic rings. The lowest BCUT2D eigenvalue weighted by molar-refractivity contribution is 0.0742. The lowest BCUT2D eigenvalue weighted by atomic mass is 9.85. The zero-order valence-electron chi connectivity index (χ0n) is 19.8. The number of piperidine rings is 1. The molecule has 2 heterocycles. The summed E-state index contributed by atoms with van der Waals surface area (Å²) < 4.78 is 0. The normalized spacial score (nSPS) is 17.3. The first-order chi connectivity index (χ1) is 17.1. The van der Waals surface area contributed by atoms with Gasteiger partial charge in [-0.2, -0.15) is 0 Å². The number of nitrogens with zero attached hydrogens (tertiary/aromatic N) is 3. The van der Waals surface area contributed by atoms with Gasteiger partial charge < -0.3 is 0 Å². The van der Waals surface area contributed by atoms with Crippen LogP contribution in [0.15, 0.2) is 48.5 Å². The van der Waals surface area contributed by atoms with Crippen molar-refractivity contribution < 1.29 is 4.79 Å². The molecule has 2 aromatic carbocycles. The van der Waals surface area contributed by atoms with Gasteiger partial charge in [0, 0.05) is 40.2 Å². The maximum Gasteiger partial charge on any atom is 0.286 e. The van der Waals surface area contributed by atoms with Gasteiger partial charge in [0.1, 0.15) is 0 Å². The van der Waals surface area contributed by atoms with E-state index in [0.29, 0.717) is 21.4 Å². The van der Waals surface area contributed by atoms with Crippen LogP contribution in [0.25, 0.3) is 22.5 Å². The van der Waals surface area contributed by atoms with Gasteiger partial charge in [0.2, 0.25) is 0 Å². The van der Waals surface area contributed by atoms with E-state index >= 15 is 0 Å². The number of rotatable bonds is 5. The molecule has 0 spiro atoms. The zero-order chi connectivity index (χ0) is 24.2. The number of nitrogens with one attached hydrogen (secondary N) is 1. The molecule has 35 heavy (non-hydrogen) atoms. The Morgan fingerprint density at radius 1 is 0.743 bits per heavy atom. The highest BCUT2D eigenvalue weighted by Crippen LogP contribution is 2.37. The fourth-order valence-electron chi connectivity index (χ4n) is 5.10. The van der Waals surface area contributed by atoms with Gasteiger partial charge in [-0.25, -0.2) is 15.0 Å². The van der Waals surface area contributed by atoms with E-state index in [0.717, 1.165) is 74.1 Å². The second kappa shape index (κ2) is 11.1. The van der Waals surface area contributed by atoms with Crippen molar-refractivity contribution in [1.82, 2.24) is 20.4 Å². The van der Waals surface area contributed by atoms with Crippen molar-refractivity contribution in [2.24, 2.45) is 0 Å². The number of hydrogen-bond acceptors (Lipinski definition) is 4. The Kier molecular flexibility index (Phi) is 7.66. The molecule has 1 saturated heterocycles. The number of amides is 1. The minimum absolute atomic E-state index is 0.169. The Hall–Kier alpha value is -2.47. The van der Waals surface area contributed by atoms with E-state index in [-0.39, 0.29) is 11.8 Å². The van der Waals surface area contributed by atoms with Gasteiger partial charge in [0.05, 0.1) is 17.1 Å². The van der Waals surface area contributed by atoms with Crippen molar-refractivity contribution >= 4 is 29.1 Å². The Morgan fingerprint density at radius 3 is 1.83 bits per heavy atom. The van der Waals surface area contributed by atoms with Gasteiger partial charge >= 0.3 is 0 Å². The molecular weight excluding hydrogens is 479 g/mol. The summed E-state index contributed by atoms with van der Waals surface area (Å²) in [7, 11) is 0. The van der Waals surface area contributed by atoms with Crippen LogP contribution in [0.1, 0.15) is 73.5 Å². The minimum Gasteiger partial charge on any atom is -0.283 e. The summed E-state index contributed by atoms with van der Waals surface area (Å²) >= 11 is 12.3. The lowest BCUT2D eigenvalue weighted by Gasteiger charge is -2.28. The Morgan fingerprint density at radius 2 is 1.26 bits per heavy atom. The average molecular weight is 509 g/mol. The van der Waals surface area contributed by atoms with E-state index in [1.165, 1.54) is 12.8 Å². The summed E-state index contributed by atoms with van der Waals surface area (Å²) in [5.74, 6) is 0.0570. The quantitative estimate of drug-likeness (QED) is 0.392. The van der Waals surface area contributed by atoms with Crippen molar-refractivity contribution in [3.8, 4) is 22.5 Å². The van der Waals surface area contributed by atoms with E-state index < -0.39 is 0 Å². The fraction of sp³-hybridized carbons (Fsp3) is 0.393. The molecule has 1 amide bonds. The maximum atomic E-state index is 13.6. The highest BCUT2D eigenvalue weighted by molar-refractivity contribution is 6.31. The number of carbonyl (C=O) groups is 1. The number of halogens is 2. The summed E-state index contributed by atoms with van der Waals surface area (Å²) in [6.07, 6.45) is 8.96. The van der Waals surface area contributed by atoms with Crippen molar-refractivity contribution in [2.45, 2.75) is 57.3 Å². The molecule has 182 valence electrons. The molecule has 2 aliphatic rings. The molecule has 1 aliphatic heterocycles. The molecule has 0 atom stereocenters. The average Bonchev–Trinajstić information content (AvgIpc) is 2.90. The smallest absolute Gasteiger partial charge is 0.283 e. The molecule has 1 N–H and O–H groups in total. The van der Waals surface area contributed by atoms with Crippen LogP contribution in [0.3, 0.4) is 0 Å². The van der Waals surface area contributed by atoms with Crippen LogP contribution in [-0.4, -0.2) is 34.0 Å². The first-order valence-corrected chi connectivity index (χ1v) is 13.3. The largest absolute Gasteiger partial charge is 0.286 e.